The minimum Gasteiger partial charge on any atom is -0.493 e. The molecule has 0 radical (unpaired) electrons. The van der Waals surface area contributed by atoms with E-state index in [2.05, 4.69) is 88.3 Å². The molecule has 5 aliphatic rings. The highest BCUT2D eigenvalue weighted by Gasteiger charge is 2.29. The molecule has 17 rings (SSSR count). The van der Waals surface area contributed by atoms with Gasteiger partial charge in [-0.05, 0) is 151 Å². The van der Waals surface area contributed by atoms with Gasteiger partial charge in [-0.15, -0.1) is 45.6 Å². The van der Waals surface area contributed by atoms with Crippen LogP contribution in [0.3, 0.4) is 0 Å². The number of likely N-dealkylation sites (tertiary alicyclic amines) is 2. The van der Waals surface area contributed by atoms with E-state index in [4.69, 9.17) is 92.5 Å². The molecule has 31 nitrogen and oxygen atoms in total. The molecular weight excluding hydrogens is 1640 g/mol. The Balaban J connectivity index is 0.000000144. The summed E-state index contributed by atoms with van der Waals surface area (Å²) < 4.78 is 54.7. The number of halogens is 3. The average molecular weight is 1750 g/mol. The van der Waals surface area contributed by atoms with Gasteiger partial charge in [-0.25, -0.2) is 29.9 Å². The Bertz CT molecular complexity index is 5210. The summed E-state index contributed by atoms with van der Waals surface area (Å²) in [6.45, 7) is 11.2. The number of imidazole rings is 3. The second kappa shape index (κ2) is 42.6. The number of aliphatic hydroxyl groups is 2. The fourth-order valence-electron chi connectivity index (χ4n) is 14.8. The van der Waals surface area contributed by atoms with Crippen LogP contribution in [0.5, 0.6) is 51.7 Å². The number of methoxy groups -OCH3 is 9. The van der Waals surface area contributed by atoms with E-state index in [1.54, 1.807) is 106 Å². The van der Waals surface area contributed by atoms with Crippen LogP contribution in [0, 0.1) is 0 Å². The van der Waals surface area contributed by atoms with Crippen molar-refractivity contribution in [2.75, 3.05) is 150 Å². The van der Waals surface area contributed by atoms with Gasteiger partial charge in [0.15, 0.2) is 34.5 Å². The third kappa shape index (κ3) is 22.0. The second-order valence-corrected chi connectivity index (χ2v) is 32.9. The van der Waals surface area contributed by atoms with Gasteiger partial charge in [0.2, 0.25) is 33.8 Å². The Labute approximate surface area is 718 Å². The smallest absolute Gasteiger partial charge is 0.229 e. The van der Waals surface area contributed by atoms with Crippen LogP contribution in [0.2, 0.25) is 10.6 Å². The van der Waals surface area contributed by atoms with E-state index in [-0.39, 0.29) is 23.2 Å². The zero-order valence-electron chi connectivity index (χ0n) is 68.3. The van der Waals surface area contributed by atoms with E-state index >= 15 is 0 Å². The summed E-state index contributed by atoms with van der Waals surface area (Å²) in [6.07, 6.45) is 26.9. The van der Waals surface area contributed by atoms with Crippen molar-refractivity contribution in [2.45, 2.75) is 115 Å². The Morgan fingerprint density at radius 3 is 1.14 bits per heavy atom. The van der Waals surface area contributed by atoms with Gasteiger partial charge in [0.05, 0.1) is 141 Å². The van der Waals surface area contributed by atoms with E-state index in [9.17, 15) is 5.11 Å². The number of benzene rings is 3. The van der Waals surface area contributed by atoms with Gasteiger partial charge in [0.25, 0.3) is 0 Å². The van der Waals surface area contributed by atoms with Crippen molar-refractivity contribution in [3.8, 4) is 68.8 Å². The minimum atomic E-state index is 0.0346. The van der Waals surface area contributed by atoms with Crippen LogP contribution in [-0.4, -0.2) is 220 Å². The first-order chi connectivity index (χ1) is 58.2. The van der Waals surface area contributed by atoms with Gasteiger partial charge in [0.1, 0.15) is 68.4 Å². The number of anilines is 7. The lowest BCUT2D eigenvalue weighted by Crippen LogP contribution is -2.33. The molecule has 119 heavy (non-hydrogen) atoms. The Hall–Kier alpha value is -9.56. The summed E-state index contributed by atoms with van der Waals surface area (Å²) in [5, 5.41) is 38.0. The number of thiophene rings is 3. The predicted molar refractivity (Wildman–Crippen MR) is 472 cm³/mol. The molecule has 5 fully saturated rings. The Kier molecular flexibility index (Phi) is 31.2. The number of rotatable bonds is 26. The molecule has 3 aromatic carbocycles. The summed E-state index contributed by atoms with van der Waals surface area (Å²) in [5.41, 5.74) is 2.41. The molecule has 2 atom stereocenters. The van der Waals surface area contributed by atoms with E-state index in [1.165, 1.54) is 98.4 Å². The van der Waals surface area contributed by atoms with Gasteiger partial charge in [0, 0.05) is 76.7 Å². The van der Waals surface area contributed by atoms with Crippen molar-refractivity contribution in [2.24, 2.45) is 0 Å². The van der Waals surface area contributed by atoms with Crippen molar-refractivity contribution in [1.82, 2.24) is 79.0 Å². The molecule has 636 valence electrons. The molecule has 37 heteroatoms. The van der Waals surface area contributed by atoms with Crippen molar-refractivity contribution < 1.29 is 52.8 Å². The zero-order valence-corrected chi connectivity index (χ0v) is 73.1. The van der Waals surface area contributed by atoms with Crippen LogP contribution in [0.15, 0.2) is 92.2 Å². The van der Waals surface area contributed by atoms with Crippen LogP contribution in [0.4, 0.5) is 40.9 Å². The number of hydrogen-bond acceptors (Lipinski definition) is 31. The number of fused-ring (bicyclic) bond motifs is 3. The third-order valence-corrected chi connectivity index (χ3v) is 24.7. The number of nitrogens with one attached hydrogen (secondary N) is 5. The standard InChI is InChI=1S/C29H37N7O4S.C24H27ClN6O3S.C19H17Cl2N5O3S.C5H11NO.C5H11N/c1-38-23-12-20(13-24(39-2)26(23)40-3)35-16-25(30-18-35)31-27-22-14-21(15-34-9-5-4-6-10-34)41-28(22)33-29(32-27)36-11-7-8-19(36)17-37;1-32-18-9-15(10-19(33-2)21(18)34-3)31-13-20(26-14-31)27-22-17-11-16(12-30-7-5-4-6-8-30)35-23(17)29-24(25)28-22;1-27-13-4-10(5-14(28-2)16(13)29-3)26-8-15(22-9-26)23-17-12-6-11(7-20)30-18(12)25-19(21)24-17;7-4-5-2-1-3-6-5;1-2-4-6-5-3-1/h12-14,16,18-19,37H,4-11,15,17H2,1-3H3,(H,31,32,33);9-11,13-14H,4-8,12H2,1-3H3,(H,27,28,29);4-6,8-9H,7H2,1-3H3,(H,23,24,25);5-7H,1-4H2;6H,1-5H2/t19-;;;5-;/m0..0./s1. The van der Waals surface area contributed by atoms with Gasteiger partial charge < -0.3 is 98.0 Å². The third-order valence-electron chi connectivity index (χ3n) is 20.8. The summed E-state index contributed by atoms with van der Waals surface area (Å²) >= 11 is 23.2. The maximum absolute atomic E-state index is 9.97. The minimum absolute atomic E-state index is 0.0346. The zero-order chi connectivity index (χ0) is 83.3. The molecule has 0 unspecified atom stereocenters. The lowest BCUT2D eigenvalue weighted by molar-refractivity contribution is 0.223. The fourth-order valence-corrected chi connectivity index (χ4v) is 18.5. The largest absolute Gasteiger partial charge is 0.493 e. The van der Waals surface area contributed by atoms with Crippen molar-refractivity contribution in [3.63, 3.8) is 0 Å². The Morgan fingerprint density at radius 2 is 0.807 bits per heavy atom. The van der Waals surface area contributed by atoms with Gasteiger partial charge in [-0.2, -0.15) is 15.0 Å². The van der Waals surface area contributed by atoms with Crippen molar-refractivity contribution >= 4 is 140 Å². The number of alkyl halides is 1. The van der Waals surface area contributed by atoms with Crippen molar-refractivity contribution in [3.05, 3.63) is 117 Å². The molecule has 0 aliphatic carbocycles. The molecule has 5 saturated heterocycles. The number of nitrogens with zero attached hydrogens (tertiary/aromatic N) is 15. The molecular formula is C82H103Cl3N20O11S3. The van der Waals surface area contributed by atoms with Gasteiger partial charge in [-0.3, -0.25) is 9.80 Å². The molecule has 0 amide bonds. The molecule has 12 aromatic rings. The lowest BCUT2D eigenvalue weighted by Gasteiger charge is -2.25. The highest BCUT2D eigenvalue weighted by molar-refractivity contribution is 7.19. The van der Waals surface area contributed by atoms with Gasteiger partial charge >= 0.3 is 0 Å². The maximum atomic E-state index is 9.97. The number of aliphatic hydroxyl groups excluding tert-OH is 2. The molecule has 0 bridgehead atoms. The molecule has 14 heterocycles. The Morgan fingerprint density at radius 1 is 0.420 bits per heavy atom. The number of piperidine rings is 3. The summed E-state index contributed by atoms with van der Waals surface area (Å²) in [4.78, 5) is 54.2. The monoisotopic (exact) mass is 1740 g/mol. The quantitative estimate of drug-likeness (QED) is 0.0196. The first-order valence-electron chi connectivity index (χ1n) is 39.7. The van der Waals surface area contributed by atoms with Crippen molar-refractivity contribution in [1.29, 1.82) is 0 Å². The fraction of sp³-hybridized carbons (Fsp3) is 0.451. The second-order valence-electron chi connectivity index (χ2n) is 28.6. The summed E-state index contributed by atoms with van der Waals surface area (Å²) in [7, 11) is 14.2. The SMILES string of the molecule is C1CCNCC1.COc1cc(-n2cnc(Nc3nc(Cl)nc4sc(CCl)cc34)c2)cc(OC)c1OC.COc1cc(-n2cnc(Nc3nc(Cl)nc4sc(CN5CCCCC5)cc34)c2)cc(OC)c1OC.COc1cc(-n2cnc(Nc3nc(N4CCC[C@H]4CO)nc4sc(CN5CCCCC5)cc34)c2)cc(OC)c1OC.OC[C@@H]1CCCN1. The van der Waals surface area contributed by atoms with Crippen LogP contribution in [0.25, 0.3) is 47.7 Å². The van der Waals surface area contributed by atoms with Crippen LogP contribution < -0.4 is 74.1 Å². The van der Waals surface area contributed by atoms with Crippen LogP contribution in [0.1, 0.15) is 98.1 Å². The molecule has 7 N–H and O–H groups in total. The molecule has 0 spiro atoms. The number of hydrogen-bond donors (Lipinski definition) is 7. The van der Waals surface area contributed by atoms with Gasteiger partial charge in [-0.1, -0.05) is 19.3 Å². The lowest BCUT2D eigenvalue weighted by atomic mass is 10.1. The molecule has 0 saturated carbocycles. The summed E-state index contributed by atoms with van der Waals surface area (Å²) in [5.74, 6) is 9.75. The van der Waals surface area contributed by atoms with Crippen LogP contribution >= 0.6 is 68.8 Å². The normalized spacial score (nSPS) is 16.1. The summed E-state index contributed by atoms with van der Waals surface area (Å²) in [6, 6.07) is 17.9. The van der Waals surface area contributed by atoms with E-state index in [0.717, 1.165) is 124 Å². The molecule has 5 aliphatic heterocycles. The predicted octanol–water partition coefficient (Wildman–Crippen LogP) is 15.4. The van der Waals surface area contributed by atoms with E-state index in [1.807, 2.05) is 74.8 Å². The molecule has 9 aromatic heterocycles. The van der Waals surface area contributed by atoms with E-state index < -0.39 is 0 Å². The van der Waals surface area contributed by atoms with E-state index in [0.29, 0.717) is 111 Å². The number of aromatic nitrogens is 12. The highest BCUT2D eigenvalue weighted by Crippen LogP contribution is 2.44. The maximum Gasteiger partial charge on any atom is 0.229 e. The average Bonchev–Trinajstić information content (AvgIpc) is 1.63. The number of ether oxygens (including phenoxy) is 9. The topological polar surface area (TPSA) is 324 Å². The first-order valence-corrected chi connectivity index (χ1v) is 43.4. The van der Waals surface area contributed by atoms with Crippen LogP contribution in [-0.2, 0) is 19.0 Å². The first kappa shape index (κ1) is 87.3. The highest BCUT2D eigenvalue weighted by atomic mass is 35.5.